The van der Waals surface area contributed by atoms with E-state index in [9.17, 15) is 9.59 Å². The molecule has 0 aliphatic carbocycles. The summed E-state index contributed by atoms with van der Waals surface area (Å²) in [7, 11) is 0. The fraction of sp³-hybridized carbons (Fsp3) is 0.667. The zero-order chi connectivity index (χ0) is 9.72. The van der Waals surface area contributed by atoms with Gasteiger partial charge in [0, 0.05) is 0 Å². The molecule has 0 aliphatic heterocycles. The Balaban J connectivity index is 4.14. The van der Waals surface area contributed by atoms with E-state index in [4.69, 9.17) is 21.7 Å². The molecule has 70 valence electrons. The molecule has 0 rings (SSSR count). The molecule has 0 aliphatic rings. The van der Waals surface area contributed by atoms with Crippen molar-refractivity contribution in [2.24, 2.45) is 17.4 Å². The molecule has 2 amide bonds. The van der Waals surface area contributed by atoms with E-state index < -0.39 is 30.4 Å². The molecule has 0 spiro atoms. The number of carbonyl (C=O) groups is 2. The van der Waals surface area contributed by atoms with Gasteiger partial charge in [-0.15, -0.1) is 0 Å². The maximum atomic E-state index is 10.5. The first-order chi connectivity index (χ1) is 5.49. The Kier molecular flexibility index (Phi) is 4.24. The average Bonchev–Trinajstić information content (AvgIpc) is 1.98. The van der Waals surface area contributed by atoms with Crippen LogP contribution in [0.25, 0.3) is 0 Å². The van der Waals surface area contributed by atoms with Gasteiger partial charge in [-0.3, -0.25) is 9.59 Å². The predicted octanol–water partition coefficient (Wildman–Crippen LogP) is -2.68. The van der Waals surface area contributed by atoms with Crippen molar-refractivity contribution >= 4 is 11.8 Å². The van der Waals surface area contributed by atoms with Crippen molar-refractivity contribution in [2.75, 3.05) is 6.61 Å². The molecule has 0 heterocycles. The summed E-state index contributed by atoms with van der Waals surface area (Å²) in [6, 6.07) is 0. The molecule has 6 heteroatoms. The molecule has 0 bridgehead atoms. The lowest BCUT2D eigenvalue weighted by Gasteiger charge is -2.12. The summed E-state index contributed by atoms with van der Waals surface area (Å²) in [6.45, 7) is -0.531. The molecule has 1 unspecified atom stereocenters. The molecule has 0 saturated heterocycles. The second kappa shape index (κ2) is 4.68. The number of carbonyl (C=O) groups excluding carboxylic acids is 2. The Hall–Kier alpha value is -1.14. The van der Waals surface area contributed by atoms with E-state index in [0.29, 0.717) is 0 Å². The van der Waals surface area contributed by atoms with Gasteiger partial charge in [0.15, 0.2) is 0 Å². The Morgan fingerprint density at radius 3 is 1.92 bits per heavy atom. The van der Waals surface area contributed by atoms with Gasteiger partial charge in [0.2, 0.25) is 11.8 Å². The number of nitrogens with two attached hydrogens (primary N) is 2. The summed E-state index contributed by atoms with van der Waals surface area (Å²) >= 11 is 0. The van der Waals surface area contributed by atoms with Crippen LogP contribution in [0.2, 0.25) is 0 Å². The molecule has 0 fully saturated rings. The van der Waals surface area contributed by atoms with E-state index in [2.05, 4.69) is 0 Å². The molecule has 6 nitrogen and oxygen atoms in total. The lowest BCUT2D eigenvalue weighted by atomic mass is 10.0. The standard InChI is InChI=1S/C6H12N2O4/c7-5(11)4(6(8)12)1-3(10)2-9/h3-4,9-10H,1-2H2,(H2,7,11)(H2,8,12). The Morgan fingerprint density at radius 2 is 1.67 bits per heavy atom. The summed E-state index contributed by atoms with van der Waals surface area (Å²) in [4.78, 5) is 21.0. The van der Waals surface area contributed by atoms with Gasteiger partial charge < -0.3 is 21.7 Å². The van der Waals surface area contributed by atoms with E-state index in [1.807, 2.05) is 0 Å². The number of amides is 2. The number of hydrogen-bond donors (Lipinski definition) is 4. The molecule has 12 heavy (non-hydrogen) atoms. The fourth-order valence-corrected chi connectivity index (χ4v) is 0.719. The first-order valence-corrected chi connectivity index (χ1v) is 3.36. The fourth-order valence-electron chi connectivity index (χ4n) is 0.719. The molecule has 0 aromatic rings. The van der Waals surface area contributed by atoms with Gasteiger partial charge in [0.05, 0.1) is 12.7 Å². The third-order valence-corrected chi connectivity index (χ3v) is 1.41. The lowest BCUT2D eigenvalue weighted by Crippen LogP contribution is -2.38. The smallest absolute Gasteiger partial charge is 0.230 e. The van der Waals surface area contributed by atoms with Crippen molar-refractivity contribution in [1.29, 1.82) is 0 Å². The topological polar surface area (TPSA) is 127 Å². The van der Waals surface area contributed by atoms with Gasteiger partial charge in [-0.1, -0.05) is 0 Å². The molecule has 0 aromatic heterocycles. The van der Waals surface area contributed by atoms with Crippen LogP contribution in [0.15, 0.2) is 0 Å². The molecule has 0 aromatic carbocycles. The van der Waals surface area contributed by atoms with E-state index in [0.717, 1.165) is 0 Å². The first kappa shape index (κ1) is 10.9. The highest BCUT2D eigenvalue weighted by Crippen LogP contribution is 2.05. The van der Waals surface area contributed by atoms with Gasteiger partial charge in [-0.2, -0.15) is 0 Å². The number of aliphatic hydroxyl groups excluding tert-OH is 2. The van der Waals surface area contributed by atoms with E-state index >= 15 is 0 Å². The second-order valence-corrected chi connectivity index (χ2v) is 2.43. The highest BCUT2D eigenvalue weighted by molar-refractivity contribution is 5.98. The van der Waals surface area contributed by atoms with Crippen molar-refractivity contribution in [1.82, 2.24) is 0 Å². The molecular weight excluding hydrogens is 164 g/mol. The van der Waals surface area contributed by atoms with Crippen LogP contribution in [0.4, 0.5) is 0 Å². The minimum Gasteiger partial charge on any atom is -0.394 e. The third-order valence-electron chi connectivity index (χ3n) is 1.41. The zero-order valence-electron chi connectivity index (χ0n) is 6.43. The maximum absolute atomic E-state index is 10.5. The van der Waals surface area contributed by atoms with Crippen LogP contribution in [0.5, 0.6) is 0 Å². The summed E-state index contributed by atoms with van der Waals surface area (Å²) < 4.78 is 0. The van der Waals surface area contributed by atoms with Crippen molar-refractivity contribution in [3.63, 3.8) is 0 Å². The van der Waals surface area contributed by atoms with Crippen LogP contribution in [-0.2, 0) is 9.59 Å². The molecule has 1 atom stereocenters. The molecule has 6 N–H and O–H groups in total. The van der Waals surface area contributed by atoms with E-state index in [1.165, 1.54) is 0 Å². The Labute approximate surface area is 69.2 Å². The van der Waals surface area contributed by atoms with Gasteiger partial charge in [0.25, 0.3) is 0 Å². The zero-order valence-corrected chi connectivity index (χ0v) is 6.43. The summed E-state index contributed by atoms with van der Waals surface area (Å²) in [6.07, 6.45) is -1.38. The highest BCUT2D eigenvalue weighted by Gasteiger charge is 2.24. The normalized spacial score (nSPS) is 12.9. The minimum atomic E-state index is -1.22. The highest BCUT2D eigenvalue weighted by atomic mass is 16.3. The number of aliphatic hydroxyl groups is 2. The monoisotopic (exact) mass is 176 g/mol. The molecular formula is C6H12N2O4. The van der Waals surface area contributed by atoms with Crippen molar-refractivity contribution in [2.45, 2.75) is 12.5 Å². The van der Waals surface area contributed by atoms with Crippen molar-refractivity contribution < 1.29 is 19.8 Å². The van der Waals surface area contributed by atoms with Crippen LogP contribution in [0.1, 0.15) is 6.42 Å². The molecule has 0 saturated carbocycles. The van der Waals surface area contributed by atoms with Gasteiger partial charge in [-0.05, 0) is 6.42 Å². The summed E-state index contributed by atoms with van der Waals surface area (Å²) in [5, 5.41) is 17.3. The number of primary amides is 2. The van der Waals surface area contributed by atoms with Crippen LogP contribution >= 0.6 is 0 Å². The molecule has 0 radical (unpaired) electrons. The predicted molar refractivity (Wildman–Crippen MR) is 39.6 cm³/mol. The van der Waals surface area contributed by atoms with Crippen LogP contribution in [0.3, 0.4) is 0 Å². The summed E-state index contributed by atoms with van der Waals surface area (Å²) in [5.74, 6) is -3.00. The first-order valence-electron chi connectivity index (χ1n) is 3.36. The van der Waals surface area contributed by atoms with Gasteiger partial charge in [0.1, 0.15) is 5.92 Å². The minimum absolute atomic E-state index is 0.235. The van der Waals surface area contributed by atoms with E-state index in [1.54, 1.807) is 0 Å². The number of rotatable bonds is 5. The van der Waals surface area contributed by atoms with Crippen LogP contribution < -0.4 is 11.5 Å². The van der Waals surface area contributed by atoms with Crippen LogP contribution in [-0.4, -0.2) is 34.7 Å². The van der Waals surface area contributed by atoms with E-state index in [-0.39, 0.29) is 6.42 Å². The maximum Gasteiger partial charge on any atom is 0.230 e. The Bertz CT molecular complexity index is 168. The van der Waals surface area contributed by atoms with Crippen molar-refractivity contribution in [3.8, 4) is 0 Å². The van der Waals surface area contributed by atoms with Gasteiger partial charge >= 0.3 is 0 Å². The number of hydrogen-bond acceptors (Lipinski definition) is 4. The van der Waals surface area contributed by atoms with Crippen molar-refractivity contribution in [3.05, 3.63) is 0 Å². The second-order valence-electron chi connectivity index (χ2n) is 2.43. The lowest BCUT2D eigenvalue weighted by molar-refractivity contribution is -0.133. The quantitative estimate of drug-likeness (QED) is 0.340. The average molecular weight is 176 g/mol. The SMILES string of the molecule is NC(=O)C(CC(O)CO)C(N)=O. The Morgan fingerprint density at radius 1 is 1.25 bits per heavy atom. The van der Waals surface area contributed by atoms with Gasteiger partial charge in [-0.25, -0.2) is 0 Å². The largest absolute Gasteiger partial charge is 0.394 e. The summed E-state index contributed by atoms with van der Waals surface area (Å²) in [5.41, 5.74) is 9.62. The van der Waals surface area contributed by atoms with Crippen LogP contribution in [0, 0.1) is 5.92 Å². The third kappa shape index (κ3) is 3.31.